The third kappa shape index (κ3) is 4.15. The lowest BCUT2D eigenvalue weighted by Crippen LogP contribution is -2.49. The fourth-order valence-electron chi connectivity index (χ4n) is 3.76. The molecule has 1 aromatic rings. The van der Waals surface area contributed by atoms with Gasteiger partial charge >= 0.3 is 5.97 Å². The Morgan fingerprint density at radius 1 is 1.21 bits per heavy atom. The molecule has 2 atom stereocenters. The zero-order valence-corrected chi connectivity index (χ0v) is 14.7. The highest BCUT2D eigenvalue weighted by Crippen LogP contribution is 2.26. The Kier molecular flexibility index (Phi) is 5.87. The number of hydrogen-bond donors (Lipinski definition) is 0. The van der Waals surface area contributed by atoms with Crippen LogP contribution in [0.15, 0.2) is 24.3 Å². The van der Waals surface area contributed by atoms with Gasteiger partial charge in [-0.05, 0) is 57.4 Å². The molecule has 2 heterocycles. The molecule has 24 heavy (non-hydrogen) atoms. The molecule has 0 spiro atoms. The second-order valence-electron chi connectivity index (χ2n) is 6.61. The molecule has 2 unspecified atom stereocenters. The Morgan fingerprint density at radius 2 is 1.96 bits per heavy atom. The van der Waals surface area contributed by atoms with Gasteiger partial charge in [-0.2, -0.15) is 0 Å². The average molecular weight is 332 g/mol. The van der Waals surface area contributed by atoms with Crippen LogP contribution >= 0.6 is 0 Å². The van der Waals surface area contributed by atoms with Gasteiger partial charge in [0.05, 0.1) is 11.7 Å². The summed E-state index contributed by atoms with van der Waals surface area (Å²) in [4.78, 5) is 17.2. The fourth-order valence-corrected chi connectivity index (χ4v) is 3.76. The Balaban J connectivity index is 1.57. The molecule has 2 fully saturated rings. The molecule has 5 nitrogen and oxygen atoms in total. The molecule has 132 valence electrons. The standard InChI is InChI=1S/C19H28N2O3/c1-3-23-15(2)24-19(22)17-9-7-16(8-10-17)14-21-13-5-12-20-11-4-6-18(20)21/h7-10,15,18H,3-6,11-14H2,1-2H3. The van der Waals surface area contributed by atoms with Gasteiger partial charge in [0.2, 0.25) is 0 Å². The van der Waals surface area contributed by atoms with Crippen molar-refractivity contribution in [2.45, 2.75) is 52.1 Å². The van der Waals surface area contributed by atoms with Crippen molar-refractivity contribution in [1.82, 2.24) is 9.80 Å². The maximum atomic E-state index is 12.1. The molecule has 0 N–H and O–H groups in total. The number of rotatable bonds is 6. The zero-order chi connectivity index (χ0) is 16.9. The van der Waals surface area contributed by atoms with E-state index in [1.807, 2.05) is 31.2 Å². The molecule has 0 amide bonds. The zero-order valence-electron chi connectivity index (χ0n) is 14.7. The molecule has 1 aromatic carbocycles. The smallest absolute Gasteiger partial charge is 0.340 e. The summed E-state index contributed by atoms with van der Waals surface area (Å²) in [5.41, 5.74) is 1.82. The summed E-state index contributed by atoms with van der Waals surface area (Å²) in [6.45, 7) is 8.74. The van der Waals surface area contributed by atoms with E-state index in [0.29, 0.717) is 18.3 Å². The van der Waals surface area contributed by atoms with Gasteiger partial charge in [0.25, 0.3) is 0 Å². The minimum atomic E-state index is -0.510. The van der Waals surface area contributed by atoms with Crippen LogP contribution in [0.25, 0.3) is 0 Å². The summed E-state index contributed by atoms with van der Waals surface area (Å²) in [6.07, 6.45) is 3.93. The van der Waals surface area contributed by atoms with E-state index < -0.39 is 6.29 Å². The summed E-state index contributed by atoms with van der Waals surface area (Å²) >= 11 is 0. The Labute approximate surface area is 144 Å². The quantitative estimate of drug-likeness (QED) is 0.592. The lowest BCUT2D eigenvalue weighted by Gasteiger charge is -2.40. The van der Waals surface area contributed by atoms with E-state index in [0.717, 1.165) is 13.1 Å². The lowest BCUT2D eigenvalue weighted by atomic mass is 10.1. The van der Waals surface area contributed by atoms with Gasteiger partial charge < -0.3 is 9.47 Å². The van der Waals surface area contributed by atoms with E-state index in [-0.39, 0.29) is 5.97 Å². The SMILES string of the molecule is CCOC(C)OC(=O)c1ccc(CN2CCCN3CCCC32)cc1. The van der Waals surface area contributed by atoms with Crippen LogP contribution in [-0.2, 0) is 16.0 Å². The summed E-state index contributed by atoms with van der Waals surface area (Å²) in [6, 6.07) is 7.78. The van der Waals surface area contributed by atoms with E-state index in [1.54, 1.807) is 6.92 Å². The highest BCUT2D eigenvalue weighted by atomic mass is 16.7. The van der Waals surface area contributed by atoms with E-state index in [9.17, 15) is 4.79 Å². The average Bonchev–Trinajstić information content (AvgIpc) is 3.05. The molecule has 3 rings (SSSR count). The minimum Gasteiger partial charge on any atom is -0.432 e. The van der Waals surface area contributed by atoms with Gasteiger partial charge in [0.1, 0.15) is 0 Å². The van der Waals surface area contributed by atoms with Gasteiger partial charge in [-0.25, -0.2) is 4.79 Å². The van der Waals surface area contributed by atoms with Crippen LogP contribution in [0.4, 0.5) is 0 Å². The van der Waals surface area contributed by atoms with Crippen LogP contribution in [0.5, 0.6) is 0 Å². The van der Waals surface area contributed by atoms with Gasteiger partial charge in [0.15, 0.2) is 6.29 Å². The Morgan fingerprint density at radius 3 is 2.71 bits per heavy atom. The van der Waals surface area contributed by atoms with Crippen molar-refractivity contribution in [2.24, 2.45) is 0 Å². The second kappa shape index (κ2) is 8.10. The molecule has 0 radical (unpaired) electrons. The van der Waals surface area contributed by atoms with E-state index in [1.165, 1.54) is 37.9 Å². The van der Waals surface area contributed by atoms with Crippen molar-refractivity contribution >= 4 is 5.97 Å². The van der Waals surface area contributed by atoms with Crippen LogP contribution in [0, 0.1) is 0 Å². The summed E-state index contributed by atoms with van der Waals surface area (Å²) in [7, 11) is 0. The number of nitrogens with zero attached hydrogens (tertiary/aromatic N) is 2. The van der Waals surface area contributed by atoms with Crippen molar-refractivity contribution in [3.63, 3.8) is 0 Å². The first-order valence-electron chi connectivity index (χ1n) is 9.07. The maximum absolute atomic E-state index is 12.1. The van der Waals surface area contributed by atoms with Crippen LogP contribution in [0.2, 0.25) is 0 Å². The minimum absolute atomic E-state index is 0.331. The topological polar surface area (TPSA) is 42.0 Å². The van der Waals surface area contributed by atoms with Crippen molar-refractivity contribution in [2.75, 3.05) is 26.2 Å². The molecular weight excluding hydrogens is 304 g/mol. The Hall–Kier alpha value is -1.43. The molecule has 2 aliphatic heterocycles. The van der Waals surface area contributed by atoms with Crippen LogP contribution in [0.1, 0.15) is 49.0 Å². The molecule has 5 heteroatoms. The summed E-state index contributed by atoms with van der Waals surface area (Å²) in [5.74, 6) is -0.331. The highest BCUT2D eigenvalue weighted by molar-refractivity contribution is 5.89. The molecule has 0 saturated carbocycles. The molecular formula is C19H28N2O3. The van der Waals surface area contributed by atoms with Gasteiger partial charge in [0, 0.05) is 26.2 Å². The maximum Gasteiger partial charge on any atom is 0.340 e. The van der Waals surface area contributed by atoms with Crippen LogP contribution in [0.3, 0.4) is 0 Å². The third-order valence-electron chi connectivity index (χ3n) is 4.89. The Bertz CT molecular complexity index is 546. The molecule has 0 aliphatic carbocycles. The van der Waals surface area contributed by atoms with Gasteiger partial charge in [-0.3, -0.25) is 9.80 Å². The predicted octanol–water partition coefficient (Wildman–Crippen LogP) is 2.85. The fraction of sp³-hybridized carbons (Fsp3) is 0.632. The van der Waals surface area contributed by atoms with E-state index in [4.69, 9.17) is 9.47 Å². The third-order valence-corrected chi connectivity index (χ3v) is 4.89. The van der Waals surface area contributed by atoms with Crippen molar-refractivity contribution in [1.29, 1.82) is 0 Å². The van der Waals surface area contributed by atoms with Crippen LogP contribution < -0.4 is 0 Å². The number of esters is 1. The number of carbonyl (C=O) groups excluding carboxylic acids is 1. The van der Waals surface area contributed by atoms with E-state index >= 15 is 0 Å². The normalized spacial score (nSPS) is 23.0. The van der Waals surface area contributed by atoms with Crippen LogP contribution in [-0.4, -0.2) is 54.5 Å². The first kappa shape index (κ1) is 17.4. The van der Waals surface area contributed by atoms with E-state index in [2.05, 4.69) is 9.80 Å². The summed E-state index contributed by atoms with van der Waals surface area (Å²) < 4.78 is 10.5. The molecule has 0 bridgehead atoms. The number of hydrogen-bond acceptors (Lipinski definition) is 5. The predicted molar refractivity (Wildman–Crippen MR) is 92.6 cm³/mol. The number of ether oxygens (including phenoxy) is 2. The molecule has 2 aliphatic rings. The van der Waals surface area contributed by atoms with Gasteiger partial charge in [-0.15, -0.1) is 0 Å². The number of carbonyl (C=O) groups is 1. The van der Waals surface area contributed by atoms with Crippen molar-refractivity contribution in [3.05, 3.63) is 35.4 Å². The first-order valence-corrected chi connectivity index (χ1v) is 9.07. The molecule has 0 aromatic heterocycles. The highest BCUT2D eigenvalue weighted by Gasteiger charge is 2.32. The number of fused-ring (bicyclic) bond motifs is 1. The van der Waals surface area contributed by atoms with Crippen molar-refractivity contribution < 1.29 is 14.3 Å². The monoisotopic (exact) mass is 332 g/mol. The number of benzene rings is 1. The summed E-state index contributed by atoms with van der Waals surface area (Å²) in [5, 5.41) is 0. The first-order chi connectivity index (χ1) is 11.7. The molecule has 2 saturated heterocycles. The lowest BCUT2D eigenvalue weighted by molar-refractivity contribution is -0.0940. The largest absolute Gasteiger partial charge is 0.432 e. The van der Waals surface area contributed by atoms with Gasteiger partial charge in [-0.1, -0.05) is 12.1 Å². The second-order valence-corrected chi connectivity index (χ2v) is 6.61. The van der Waals surface area contributed by atoms with Crippen molar-refractivity contribution in [3.8, 4) is 0 Å².